The van der Waals surface area contributed by atoms with Crippen LogP contribution >= 0.6 is 0 Å². The lowest BCUT2D eigenvalue weighted by molar-refractivity contribution is -0.159. The zero-order chi connectivity index (χ0) is 33.1. The SMILES string of the molecule is C[C@H](NC(=O)Cc1ccc(C#N)cc1)C(=O)N[C@@H](CC(=O)OC(C)(C)C)C(=O)N[C@@H](Cc1ccccc1)C(=O)OC(C)(C)C. The minimum Gasteiger partial charge on any atom is -0.460 e. The van der Waals surface area contributed by atoms with Crippen LogP contribution in [0.5, 0.6) is 0 Å². The van der Waals surface area contributed by atoms with Crippen LogP contribution in [0.15, 0.2) is 54.6 Å². The van der Waals surface area contributed by atoms with E-state index in [1.54, 1.807) is 90.1 Å². The number of nitrogens with zero attached hydrogens (tertiary/aromatic N) is 1. The topological polar surface area (TPSA) is 164 Å². The number of nitrogens with one attached hydrogen (secondary N) is 3. The summed E-state index contributed by atoms with van der Waals surface area (Å²) in [6.07, 6.45) is -0.453. The van der Waals surface area contributed by atoms with Crippen molar-refractivity contribution in [3.8, 4) is 6.07 Å². The molecule has 44 heavy (non-hydrogen) atoms. The summed E-state index contributed by atoms with van der Waals surface area (Å²) in [5.41, 5.74) is 0.180. The number of benzene rings is 2. The highest BCUT2D eigenvalue weighted by Gasteiger charge is 2.33. The summed E-state index contributed by atoms with van der Waals surface area (Å²) in [7, 11) is 0. The Morgan fingerprint density at radius 1 is 0.750 bits per heavy atom. The number of carbonyl (C=O) groups excluding carboxylic acids is 5. The van der Waals surface area contributed by atoms with Crippen molar-refractivity contribution in [2.75, 3.05) is 0 Å². The normalized spacial score (nSPS) is 13.3. The van der Waals surface area contributed by atoms with Gasteiger partial charge in [-0.05, 0) is 71.7 Å². The van der Waals surface area contributed by atoms with Crippen molar-refractivity contribution in [3.63, 3.8) is 0 Å². The van der Waals surface area contributed by atoms with Crippen LogP contribution in [0.4, 0.5) is 0 Å². The van der Waals surface area contributed by atoms with E-state index in [2.05, 4.69) is 16.0 Å². The molecule has 0 aliphatic rings. The first-order chi connectivity index (χ1) is 20.5. The predicted molar refractivity (Wildman–Crippen MR) is 163 cm³/mol. The number of esters is 2. The van der Waals surface area contributed by atoms with E-state index in [9.17, 15) is 24.0 Å². The van der Waals surface area contributed by atoms with Crippen molar-refractivity contribution in [2.24, 2.45) is 0 Å². The fourth-order valence-electron chi connectivity index (χ4n) is 3.98. The summed E-state index contributed by atoms with van der Waals surface area (Å²) < 4.78 is 10.9. The molecule has 0 aliphatic carbocycles. The predicted octanol–water partition coefficient (Wildman–Crippen LogP) is 2.89. The van der Waals surface area contributed by atoms with Gasteiger partial charge in [-0.1, -0.05) is 42.5 Å². The second-order valence-electron chi connectivity index (χ2n) is 12.4. The minimum absolute atomic E-state index is 0.0395. The Kier molecular flexibility index (Phi) is 12.6. The van der Waals surface area contributed by atoms with E-state index in [0.717, 1.165) is 5.56 Å². The van der Waals surface area contributed by atoms with Gasteiger partial charge in [-0.2, -0.15) is 5.26 Å². The third kappa shape index (κ3) is 13.1. The number of nitriles is 1. The Labute approximate surface area is 258 Å². The molecule has 0 unspecified atom stereocenters. The van der Waals surface area contributed by atoms with Crippen LogP contribution in [0, 0.1) is 11.3 Å². The van der Waals surface area contributed by atoms with Crippen molar-refractivity contribution < 1.29 is 33.4 Å². The van der Waals surface area contributed by atoms with Crippen molar-refractivity contribution in [2.45, 2.75) is 97.1 Å². The second kappa shape index (κ2) is 15.7. The highest BCUT2D eigenvalue weighted by molar-refractivity contribution is 5.95. The standard InChI is InChI=1S/C33H42N4O7/c1-21(35-27(38)18-23-13-15-24(20-34)16-14-23)29(40)36-25(19-28(39)43-32(2,3)4)30(41)37-26(31(42)44-33(5,6)7)17-22-11-9-8-10-12-22/h8-16,21,25-26H,17-19H2,1-7H3,(H,35,38)(H,36,40)(H,37,41)/t21-,25-,26-/m0/s1. The molecule has 3 N–H and O–H groups in total. The summed E-state index contributed by atoms with van der Waals surface area (Å²) in [4.78, 5) is 65.0. The summed E-state index contributed by atoms with van der Waals surface area (Å²) in [5, 5.41) is 16.7. The fourth-order valence-corrected chi connectivity index (χ4v) is 3.98. The van der Waals surface area contributed by atoms with E-state index in [4.69, 9.17) is 14.7 Å². The van der Waals surface area contributed by atoms with Crippen molar-refractivity contribution >= 4 is 29.7 Å². The quantitative estimate of drug-likeness (QED) is 0.311. The Bertz CT molecular complexity index is 1350. The largest absolute Gasteiger partial charge is 0.460 e. The highest BCUT2D eigenvalue weighted by atomic mass is 16.6. The monoisotopic (exact) mass is 606 g/mol. The van der Waals surface area contributed by atoms with Gasteiger partial charge in [-0.25, -0.2) is 4.79 Å². The third-order valence-corrected chi connectivity index (χ3v) is 5.93. The molecule has 11 nitrogen and oxygen atoms in total. The number of rotatable bonds is 12. The molecule has 3 amide bonds. The number of hydrogen-bond acceptors (Lipinski definition) is 8. The molecule has 0 heterocycles. The molecule has 0 fully saturated rings. The highest BCUT2D eigenvalue weighted by Crippen LogP contribution is 2.14. The molecule has 2 rings (SSSR count). The van der Waals surface area contributed by atoms with Gasteiger partial charge in [-0.3, -0.25) is 19.2 Å². The van der Waals surface area contributed by atoms with Gasteiger partial charge >= 0.3 is 11.9 Å². The van der Waals surface area contributed by atoms with Gasteiger partial charge < -0.3 is 25.4 Å². The lowest BCUT2D eigenvalue weighted by Gasteiger charge is -2.27. The van der Waals surface area contributed by atoms with Crippen LogP contribution in [0.25, 0.3) is 0 Å². The van der Waals surface area contributed by atoms with Crippen LogP contribution in [0.1, 0.15) is 71.6 Å². The first kappa shape index (κ1) is 35.5. The molecule has 0 aromatic heterocycles. The Morgan fingerprint density at radius 3 is 1.86 bits per heavy atom. The molecule has 3 atom stereocenters. The van der Waals surface area contributed by atoms with E-state index < -0.39 is 65.4 Å². The average molecular weight is 607 g/mol. The maximum atomic E-state index is 13.5. The maximum absolute atomic E-state index is 13.5. The first-order valence-electron chi connectivity index (χ1n) is 14.3. The molecule has 2 aromatic carbocycles. The molecule has 0 spiro atoms. The van der Waals surface area contributed by atoms with Gasteiger partial charge in [0.15, 0.2) is 0 Å². The van der Waals surface area contributed by atoms with Crippen LogP contribution in [-0.4, -0.2) is 59.0 Å². The number of hydrogen-bond donors (Lipinski definition) is 3. The Morgan fingerprint density at radius 2 is 1.32 bits per heavy atom. The lowest BCUT2D eigenvalue weighted by atomic mass is 10.0. The molecular formula is C33H42N4O7. The van der Waals surface area contributed by atoms with Crippen LogP contribution in [-0.2, 0) is 46.3 Å². The first-order valence-corrected chi connectivity index (χ1v) is 14.3. The molecule has 0 aliphatic heterocycles. The number of carbonyl (C=O) groups is 5. The summed E-state index contributed by atoms with van der Waals surface area (Å²) in [6, 6.07) is 13.9. The van der Waals surface area contributed by atoms with Crippen molar-refractivity contribution in [1.82, 2.24) is 16.0 Å². The second-order valence-corrected chi connectivity index (χ2v) is 12.4. The van der Waals surface area contributed by atoms with Gasteiger partial charge in [0.05, 0.1) is 24.5 Å². The smallest absolute Gasteiger partial charge is 0.329 e. The van der Waals surface area contributed by atoms with Gasteiger partial charge in [0.2, 0.25) is 17.7 Å². The zero-order valence-electron chi connectivity index (χ0n) is 26.4. The molecule has 11 heteroatoms. The lowest BCUT2D eigenvalue weighted by Crippen LogP contribution is -2.56. The molecular weight excluding hydrogens is 564 g/mol. The summed E-state index contributed by atoms with van der Waals surface area (Å²) in [6.45, 7) is 11.6. The summed E-state index contributed by atoms with van der Waals surface area (Å²) >= 11 is 0. The van der Waals surface area contributed by atoms with E-state index in [0.29, 0.717) is 11.1 Å². The summed E-state index contributed by atoms with van der Waals surface area (Å²) in [5.74, 6) is -3.41. The van der Waals surface area contributed by atoms with Crippen molar-refractivity contribution in [1.29, 1.82) is 5.26 Å². The zero-order valence-corrected chi connectivity index (χ0v) is 26.4. The van der Waals surface area contributed by atoms with Crippen LogP contribution in [0.3, 0.4) is 0 Å². The molecule has 2 aromatic rings. The molecule has 236 valence electrons. The van der Waals surface area contributed by atoms with E-state index in [1.165, 1.54) is 6.92 Å². The Balaban J connectivity index is 2.20. The van der Waals surface area contributed by atoms with Gasteiger partial charge in [0.25, 0.3) is 0 Å². The molecule has 0 saturated heterocycles. The van der Waals surface area contributed by atoms with Gasteiger partial charge in [0, 0.05) is 6.42 Å². The van der Waals surface area contributed by atoms with Gasteiger partial charge in [-0.15, -0.1) is 0 Å². The van der Waals surface area contributed by atoms with Crippen LogP contribution < -0.4 is 16.0 Å². The number of ether oxygens (including phenoxy) is 2. The molecule has 0 saturated carbocycles. The van der Waals surface area contributed by atoms with E-state index in [-0.39, 0.29) is 12.8 Å². The van der Waals surface area contributed by atoms with E-state index >= 15 is 0 Å². The molecule has 0 bridgehead atoms. The molecule has 0 radical (unpaired) electrons. The van der Waals surface area contributed by atoms with Gasteiger partial charge in [0.1, 0.15) is 29.3 Å². The van der Waals surface area contributed by atoms with Crippen molar-refractivity contribution in [3.05, 3.63) is 71.3 Å². The van der Waals surface area contributed by atoms with E-state index in [1.807, 2.05) is 12.1 Å². The maximum Gasteiger partial charge on any atom is 0.329 e. The number of amides is 3. The van der Waals surface area contributed by atoms with Crippen LogP contribution in [0.2, 0.25) is 0 Å². The fraction of sp³-hybridized carbons (Fsp3) is 0.455. The average Bonchev–Trinajstić information content (AvgIpc) is 2.91. The minimum atomic E-state index is -1.42. The Hall–Kier alpha value is -4.72. The third-order valence-electron chi connectivity index (χ3n) is 5.93.